The topological polar surface area (TPSA) is 87.8 Å². The Bertz CT molecular complexity index is 746. The molecule has 1 aliphatic heterocycles. The van der Waals surface area contributed by atoms with Crippen LogP contribution < -0.4 is 15.0 Å². The van der Waals surface area contributed by atoms with Gasteiger partial charge in [0.1, 0.15) is 23.9 Å². The monoisotopic (exact) mass is 344 g/mol. The number of hydrogen-bond donors (Lipinski definition) is 1. The van der Waals surface area contributed by atoms with Crippen molar-refractivity contribution in [2.75, 3.05) is 40.0 Å². The van der Waals surface area contributed by atoms with Gasteiger partial charge in [0.2, 0.25) is 0 Å². The zero-order chi connectivity index (χ0) is 17.6. The smallest absolute Gasteiger partial charge is 0.274 e. The molecule has 1 saturated heterocycles. The average Bonchev–Trinajstić information content (AvgIpc) is 2.67. The van der Waals surface area contributed by atoms with E-state index in [1.165, 1.54) is 12.1 Å². The SMILES string of the molecule is COc1ccc(OCN2CCN(C(=O)c3ccc(=O)[nH]n3)CC2)cc1. The van der Waals surface area contributed by atoms with Gasteiger partial charge >= 0.3 is 0 Å². The second kappa shape index (κ2) is 7.80. The molecule has 1 aromatic carbocycles. The first-order valence-corrected chi connectivity index (χ1v) is 8.00. The van der Waals surface area contributed by atoms with Crippen LogP contribution in [-0.2, 0) is 0 Å². The Hall–Kier alpha value is -2.87. The van der Waals surface area contributed by atoms with Crippen LogP contribution in [0.2, 0.25) is 0 Å². The fourth-order valence-corrected chi connectivity index (χ4v) is 2.54. The number of rotatable bonds is 5. The standard InChI is InChI=1S/C17H20N4O4/c1-24-13-2-4-14(5-3-13)25-12-20-8-10-21(11-9-20)17(23)15-6-7-16(22)19-18-15/h2-7H,8-12H2,1H3,(H,19,22). The van der Waals surface area contributed by atoms with E-state index < -0.39 is 0 Å². The van der Waals surface area contributed by atoms with Crippen LogP contribution in [0.4, 0.5) is 0 Å². The van der Waals surface area contributed by atoms with Crippen molar-refractivity contribution >= 4 is 5.91 Å². The number of amides is 1. The number of carbonyl (C=O) groups is 1. The number of benzene rings is 1. The normalized spacial score (nSPS) is 15.0. The Morgan fingerprint density at radius 1 is 1.08 bits per heavy atom. The highest BCUT2D eigenvalue weighted by Crippen LogP contribution is 2.17. The van der Waals surface area contributed by atoms with E-state index in [1.807, 2.05) is 24.3 Å². The Morgan fingerprint density at radius 2 is 1.76 bits per heavy atom. The summed E-state index contributed by atoms with van der Waals surface area (Å²) in [6, 6.07) is 10.2. The first-order chi connectivity index (χ1) is 12.2. The molecule has 0 atom stereocenters. The molecule has 0 radical (unpaired) electrons. The number of carbonyl (C=O) groups excluding carboxylic acids is 1. The van der Waals surface area contributed by atoms with E-state index in [-0.39, 0.29) is 17.2 Å². The lowest BCUT2D eigenvalue weighted by atomic mass is 10.3. The molecule has 1 aliphatic rings. The molecule has 1 aromatic heterocycles. The van der Waals surface area contributed by atoms with Crippen molar-refractivity contribution in [1.82, 2.24) is 20.0 Å². The van der Waals surface area contributed by atoms with Crippen LogP contribution in [-0.4, -0.2) is 65.9 Å². The lowest BCUT2D eigenvalue weighted by Gasteiger charge is -2.34. The lowest BCUT2D eigenvalue weighted by Crippen LogP contribution is -2.49. The van der Waals surface area contributed by atoms with E-state index in [0.29, 0.717) is 32.9 Å². The molecule has 2 aromatic rings. The van der Waals surface area contributed by atoms with Gasteiger partial charge in [-0.05, 0) is 30.3 Å². The molecule has 8 nitrogen and oxygen atoms in total. The molecule has 1 N–H and O–H groups in total. The van der Waals surface area contributed by atoms with Crippen molar-refractivity contribution in [3.63, 3.8) is 0 Å². The van der Waals surface area contributed by atoms with Crippen LogP contribution in [0.25, 0.3) is 0 Å². The molecule has 0 spiro atoms. The van der Waals surface area contributed by atoms with E-state index in [1.54, 1.807) is 12.0 Å². The minimum absolute atomic E-state index is 0.174. The van der Waals surface area contributed by atoms with E-state index in [9.17, 15) is 9.59 Å². The van der Waals surface area contributed by atoms with Gasteiger partial charge in [0, 0.05) is 32.2 Å². The molecule has 1 fully saturated rings. The van der Waals surface area contributed by atoms with Gasteiger partial charge in [0.05, 0.1) is 7.11 Å². The summed E-state index contributed by atoms with van der Waals surface area (Å²) in [4.78, 5) is 27.2. The van der Waals surface area contributed by atoms with E-state index >= 15 is 0 Å². The Balaban J connectivity index is 1.47. The van der Waals surface area contributed by atoms with Crippen LogP contribution in [0.15, 0.2) is 41.2 Å². The first-order valence-electron chi connectivity index (χ1n) is 8.00. The molecule has 25 heavy (non-hydrogen) atoms. The highest BCUT2D eigenvalue weighted by atomic mass is 16.5. The molecule has 8 heteroatoms. The van der Waals surface area contributed by atoms with Crippen LogP contribution in [0.1, 0.15) is 10.5 Å². The van der Waals surface area contributed by atoms with Crippen LogP contribution in [0.3, 0.4) is 0 Å². The van der Waals surface area contributed by atoms with Crippen LogP contribution in [0.5, 0.6) is 11.5 Å². The second-order valence-electron chi connectivity index (χ2n) is 5.67. The highest BCUT2D eigenvalue weighted by molar-refractivity contribution is 5.92. The fourth-order valence-electron chi connectivity index (χ4n) is 2.54. The molecule has 3 rings (SSSR count). The van der Waals surface area contributed by atoms with Gasteiger partial charge in [-0.1, -0.05) is 0 Å². The third-order valence-corrected chi connectivity index (χ3v) is 4.03. The number of methoxy groups -OCH3 is 1. The van der Waals surface area contributed by atoms with Crippen molar-refractivity contribution in [1.29, 1.82) is 0 Å². The van der Waals surface area contributed by atoms with E-state index in [4.69, 9.17) is 9.47 Å². The van der Waals surface area contributed by atoms with Gasteiger partial charge in [-0.2, -0.15) is 5.10 Å². The van der Waals surface area contributed by atoms with Crippen molar-refractivity contribution in [3.05, 3.63) is 52.4 Å². The molecule has 2 heterocycles. The second-order valence-corrected chi connectivity index (χ2v) is 5.67. The van der Waals surface area contributed by atoms with Gasteiger partial charge in [-0.3, -0.25) is 14.5 Å². The fraction of sp³-hybridized carbons (Fsp3) is 0.353. The number of nitrogens with one attached hydrogen (secondary N) is 1. The predicted molar refractivity (Wildman–Crippen MR) is 90.8 cm³/mol. The third-order valence-electron chi connectivity index (χ3n) is 4.03. The maximum absolute atomic E-state index is 12.3. The summed E-state index contributed by atoms with van der Waals surface area (Å²) in [7, 11) is 1.62. The summed E-state index contributed by atoms with van der Waals surface area (Å²) in [5.74, 6) is 1.39. The summed E-state index contributed by atoms with van der Waals surface area (Å²) >= 11 is 0. The highest BCUT2D eigenvalue weighted by Gasteiger charge is 2.23. The minimum Gasteiger partial charge on any atom is -0.497 e. The van der Waals surface area contributed by atoms with Crippen LogP contribution >= 0.6 is 0 Å². The predicted octanol–water partition coefficient (Wildman–Crippen LogP) is 0.573. The Morgan fingerprint density at radius 3 is 2.36 bits per heavy atom. The lowest BCUT2D eigenvalue weighted by molar-refractivity contribution is 0.0476. The zero-order valence-electron chi connectivity index (χ0n) is 14.0. The third kappa shape index (κ3) is 4.36. The summed E-state index contributed by atoms with van der Waals surface area (Å²) in [6.45, 7) is 3.07. The maximum atomic E-state index is 12.3. The Kier molecular flexibility index (Phi) is 5.30. The average molecular weight is 344 g/mol. The first kappa shape index (κ1) is 17.0. The Labute approximate surface area is 145 Å². The number of ether oxygens (including phenoxy) is 2. The molecule has 0 aliphatic carbocycles. The quantitative estimate of drug-likeness (QED) is 0.853. The summed E-state index contributed by atoms with van der Waals surface area (Å²) in [5.41, 5.74) is -0.0698. The molecule has 0 unspecified atom stereocenters. The number of hydrogen-bond acceptors (Lipinski definition) is 6. The summed E-state index contributed by atoms with van der Waals surface area (Å²) < 4.78 is 10.9. The van der Waals surface area contributed by atoms with E-state index in [0.717, 1.165) is 11.5 Å². The van der Waals surface area contributed by atoms with Crippen molar-refractivity contribution in [3.8, 4) is 11.5 Å². The molecule has 0 saturated carbocycles. The zero-order valence-corrected chi connectivity index (χ0v) is 14.0. The number of aromatic amines is 1. The number of H-pyrrole nitrogens is 1. The van der Waals surface area contributed by atoms with Gasteiger partial charge in [-0.25, -0.2) is 5.10 Å². The summed E-state index contributed by atoms with van der Waals surface area (Å²) in [5, 5.41) is 6.07. The maximum Gasteiger partial charge on any atom is 0.274 e. The molecule has 0 bridgehead atoms. The van der Waals surface area contributed by atoms with Crippen molar-refractivity contribution in [2.45, 2.75) is 0 Å². The largest absolute Gasteiger partial charge is 0.497 e. The molecular weight excluding hydrogens is 324 g/mol. The van der Waals surface area contributed by atoms with Gasteiger partial charge in [-0.15, -0.1) is 0 Å². The molecular formula is C17H20N4O4. The van der Waals surface area contributed by atoms with E-state index in [2.05, 4.69) is 15.1 Å². The number of piperazine rings is 1. The summed E-state index contributed by atoms with van der Waals surface area (Å²) in [6.07, 6.45) is 0. The van der Waals surface area contributed by atoms with Gasteiger partial charge in [0.15, 0.2) is 0 Å². The minimum atomic E-state index is -0.322. The number of aromatic nitrogens is 2. The molecule has 1 amide bonds. The van der Waals surface area contributed by atoms with Gasteiger partial charge in [0.25, 0.3) is 11.5 Å². The van der Waals surface area contributed by atoms with Gasteiger partial charge < -0.3 is 14.4 Å². The molecule has 132 valence electrons. The van der Waals surface area contributed by atoms with Crippen molar-refractivity contribution < 1.29 is 14.3 Å². The number of nitrogens with zero attached hydrogens (tertiary/aromatic N) is 3. The van der Waals surface area contributed by atoms with Crippen molar-refractivity contribution in [2.24, 2.45) is 0 Å². The van der Waals surface area contributed by atoms with Crippen LogP contribution in [0, 0.1) is 0 Å².